The molecular weight excluding hydrogens is 334 g/mol. The van der Waals surface area contributed by atoms with E-state index in [1.807, 2.05) is 6.92 Å². The van der Waals surface area contributed by atoms with Gasteiger partial charge in [-0.1, -0.05) is 0 Å². The van der Waals surface area contributed by atoms with Gasteiger partial charge in [-0.2, -0.15) is 0 Å². The monoisotopic (exact) mass is 352 g/mol. The molecular formula is C17H18F2N2O2S. The third kappa shape index (κ3) is 5.34. The van der Waals surface area contributed by atoms with Crippen LogP contribution in [0, 0.1) is 11.6 Å². The number of nitrogens with one attached hydrogen (secondary N) is 2. The Bertz CT molecular complexity index is 695. The molecule has 0 heterocycles. The van der Waals surface area contributed by atoms with Crippen molar-refractivity contribution in [2.24, 2.45) is 0 Å². The molecule has 0 spiro atoms. The van der Waals surface area contributed by atoms with Crippen molar-refractivity contribution in [3.05, 3.63) is 54.1 Å². The van der Waals surface area contributed by atoms with E-state index in [0.29, 0.717) is 12.4 Å². The van der Waals surface area contributed by atoms with E-state index < -0.39 is 11.6 Å². The van der Waals surface area contributed by atoms with Gasteiger partial charge < -0.3 is 20.1 Å². The minimum atomic E-state index is -0.707. The highest BCUT2D eigenvalue weighted by Crippen LogP contribution is 2.17. The fraction of sp³-hybridized carbons (Fsp3) is 0.235. The lowest BCUT2D eigenvalue weighted by Gasteiger charge is -2.18. The van der Waals surface area contributed by atoms with Crippen molar-refractivity contribution in [3.8, 4) is 11.5 Å². The van der Waals surface area contributed by atoms with Crippen molar-refractivity contribution >= 4 is 23.0 Å². The molecule has 1 atom stereocenters. The number of benzene rings is 2. The van der Waals surface area contributed by atoms with E-state index >= 15 is 0 Å². The molecule has 1 unspecified atom stereocenters. The zero-order valence-electron chi connectivity index (χ0n) is 13.3. The van der Waals surface area contributed by atoms with Crippen LogP contribution in [0.2, 0.25) is 0 Å². The highest BCUT2D eigenvalue weighted by atomic mass is 32.1. The van der Waals surface area contributed by atoms with Crippen LogP contribution in [0.1, 0.15) is 6.92 Å². The van der Waals surface area contributed by atoms with E-state index in [4.69, 9.17) is 21.7 Å². The van der Waals surface area contributed by atoms with Crippen LogP contribution in [0.5, 0.6) is 11.5 Å². The van der Waals surface area contributed by atoms with E-state index in [1.54, 1.807) is 31.4 Å². The van der Waals surface area contributed by atoms with Gasteiger partial charge in [-0.05, 0) is 55.5 Å². The normalized spacial score (nSPS) is 11.5. The summed E-state index contributed by atoms with van der Waals surface area (Å²) in [5.74, 6) is 0.104. The van der Waals surface area contributed by atoms with E-state index in [2.05, 4.69) is 10.6 Å². The van der Waals surface area contributed by atoms with E-state index in [0.717, 1.165) is 17.9 Å². The molecule has 0 aliphatic rings. The molecule has 0 bridgehead atoms. The summed E-state index contributed by atoms with van der Waals surface area (Å²) >= 11 is 5.11. The van der Waals surface area contributed by atoms with E-state index in [-0.39, 0.29) is 16.8 Å². The predicted octanol–water partition coefficient (Wildman–Crippen LogP) is 3.73. The van der Waals surface area contributed by atoms with Gasteiger partial charge in [-0.3, -0.25) is 0 Å². The maximum atomic E-state index is 13.6. The number of rotatable bonds is 6. The third-order valence-electron chi connectivity index (χ3n) is 3.12. The minimum absolute atomic E-state index is 0.108. The van der Waals surface area contributed by atoms with Crippen LogP contribution in [0.15, 0.2) is 42.5 Å². The van der Waals surface area contributed by atoms with Crippen LogP contribution in [0.3, 0.4) is 0 Å². The molecule has 24 heavy (non-hydrogen) atoms. The summed E-state index contributed by atoms with van der Waals surface area (Å²) in [6.45, 7) is 2.23. The molecule has 4 nitrogen and oxygen atoms in total. The molecule has 128 valence electrons. The number of hydrogen-bond donors (Lipinski definition) is 2. The minimum Gasteiger partial charge on any atom is -0.497 e. The molecule has 0 aromatic heterocycles. The van der Waals surface area contributed by atoms with Crippen LogP contribution in [0.25, 0.3) is 0 Å². The molecule has 0 fully saturated rings. The lowest BCUT2D eigenvalue weighted by molar-refractivity contribution is 0.286. The predicted molar refractivity (Wildman–Crippen MR) is 93.7 cm³/mol. The first-order chi connectivity index (χ1) is 11.5. The van der Waals surface area contributed by atoms with Gasteiger partial charge in [-0.25, -0.2) is 8.78 Å². The quantitative estimate of drug-likeness (QED) is 0.776. The number of anilines is 1. The van der Waals surface area contributed by atoms with Crippen molar-refractivity contribution in [2.75, 3.05) is 19.0 Å². The summed E-state index contributed by atoms with van der Waals surface area (Å²) in [6.07, 6.45) is 0. The Morgan fingerprint density at radius 1 is 1.12 bits per heavy atom. The molecule has 2 aromatic rings. The second kappa shape index (κ2) is 8.44. The van der Waals surface area contributed by atoms with Crippen molar-refractivity contribution < 1.29 is 18.3 Å². The molecule has 0 amide bonds. The first-order valence-electron chi connectivity index (χ1n) is 7.27. The maximum absolute atomic E-state index is 13.6. The number of ether oxygens (including phenoxy) is 2. The molecule has 7 heteroatoms. The van der Waals surface area contributed by atoms with Gasteiger partial charge in [0.05, 0.1) is 18.8 Å². The van der Waals surface area contributed by atoms with Crippen molar-refractivity contribution in [1.82, 2.24) is 5.32 Å². The van der Waals surface area contributed by atoms with E-state index in [1.165, 1.54) is 6.07 Å². The zero-order chi connectivity index (χ0) is 17.5. The summed E-state index contributed by atoms with van der Waals surface area (Å²) < 4.78 is 37.1. The molecule has 2 N–H and O–H groups in total. The summed E-state index contributed by atoms with van der Waals surface area (Å²) in [6, 6.07) is 10.3. The maximum Gasteiger partial charge on any atom is 0.171 e. The topological polar surface area (TPSA) is 42.5 Å². The van der Waals surface area contributed by atoms with Crippen LogP contribution in [0.4, 0.5) is 14.5 Å². The lowest BCUT2D eigenvalue weighted by Crippen LogP contribution is -2.39. The van der Waals surface area contributed by atoms with Crippen LogP contribution < -0.4 is 20.1 Å². The average molecular weight is 352 g/mol. The average Bonchev–Trinajstić information content (AvgIpc) is 2.56. The first-order valence-corrected chi connectivity index (χ1v) is 7.68. The van der Waals surface area contributed by atoms with Gasteiger partial charge in [-0.15, -0.1) is 0 Å². The Hall–Kier alpha value is -2.41. The van der Waals surface area contributed by atoms with Crippen LogP contribution in [-0.2, 0) is 0 Å². The molecule has 0 radical (unpaired) electrons. The second-order valence-corrected chi connectivity index (χ2v) is 5.52. The molecule has 0 aliphatic carbocycles. The summed E-state index contributed by atoms with van der Waals surface area (Å²) in [7, 11) is 1.60. The highest BCUT2D eigenvalue weighted by Gasteiger charge is 2.09. The zero-order valence-corrected chi connectivity index (χ0v) is 14.1. The smallest absolute Gasteiger partial charge is 0.171 e. The van der Waals surface area contributed by atoms with E-state index in [9.17, 15) is 8.78 Å². The Labute approximate surface area is 144 Å². The van der Waals surface area contributed by atoms with Crippen molar-refractivity contribution in [3.63, 3.8) is 0 Å². The van der Waals surface area contributed by atoms with Crippen molar-refractivity contribution in [1.29, 1.82) is 0 Å². The van der Waals surface area contributed by atoms with Crippen LogP contribution in [-0.4, -0.2) is 24.9 Å². The summed E-state index contributed by atoms with van der Waals surface area (Å²) in [5, 5.41) is 5.89. The largest absolute Gasteiger partial charge is 0.497 e. The van der Waals surface area contributed by atoms with Gasteiger partial charge >= 0.3 is 0 Å². The van der Waals surface area contributed by atoms with Gasteiger partial charge in [0.1, 0.15) is 29.7 Å². The molecule has 0 saturated heterocycles. The lowest BCUT2D eigenvalue weighted by atomic mass is 10.3. The van der Waals surface area contributed by atoms with Gasteiger partial charge in [0.25, 0.3) is 0 Å². The Morgan fingerprint density at radius 2 is 1.79 bits per heavy atom. The van der Waals surface area contributed by atoms with Crippen molar-refractivity contribution in [2.45, 2.75) is 13.0 Å². The van der Waals surface area contributed by atoms with Gasteiger partial charge in [0.2, 0.25) is 0 Å². The first kappa shape index (κ1) is 17.9. The Morgan fingerprint density at radius 3 is 2.42 bits per heavy atom. The fourth-order valence-electron chi connectivity index (χ4n) is 1.91. The molecule has 2 aromatic carbocycles. The number of methoxy groups -OCH3 is 1. The fourth-order valence-corrected chi connectivity index (χ4v) is 2.22. The molecule has 0 saturated carbocycles. The Balaban J connectivity index is 1.80. The SMILES string of the molecule is COc1ccc(OCC(C)NC(=S)Nc2ccc(F)cc2F)cc1. The van der Waals surface area contributed by atoms with Gasteiger partial charge in [0, 0.05) is 6.07 Å². The number of halogens is 2. The standard InChI is InChI=1S/C17H18F2N2O2S/c1-11(10-23-14-6-4-13(22-2)5-7-14)20-17(24)21-16-8-3-12(18)9-15(16)19/h3-9,11H,10H2,1-2H3,(H2,20,21,24). The molecule has 0 aliphatic heterocycles. The third-order valence-corrected chi connectivity index (χ3v) is 3.34. The Kier molecular flexibility index (Phi) is 6.31. The summed E-state index contributed by atoms with van der Waals surface area (Å²) in [5.41, 5.74) is 0.108. The number of thiocarbonyl (C=S) groups is 1. The highest BCUT2D eigenvalue weighted by molar-refractivity contribution is 7.80. The van der Waals surface area contributed by atoms with Gasteiger partial charge in [0.15, 0.2) is 5.11 Å². The second-order valence-electron chi connectivity index (χ2n) is 5.11. The van der Waals surface area contributed by atoms with Crippen LogP contribution >= 0.6 is 12.2 Å². The molecule has 2 rings (SSSR count). The number of hydrogen-bond acceptors (Lipinski definition) is 3. The summed E-state index contributed by atoms with van der Waals surface area (Å²) in [4.78, 5) is 0.